The molecule has 0 amide bonds. The third-order valence-corrected chi connectivity index (χ3v) is 19.5. The van der Waals surface area contributed by atoms with Gasteiger partial charge in [0.25, 0.3) is 0 Å². The first-order valence-electron chi connectivity index (χ1n) is 34.9. The first kappa shape index (κ1) is 78.8. The maximum atomic E-state index is 12.5. The standard InChI is InChI=1S/2C19H27N3O2.C18H25N3O3.C18H25N3O2.3CH4/c1-11(2)24-19(23)15-10-21-18-14(7-8-20-18)17(15)22-16-6-5-12(3)9-13(16)4;1-4-9-24-19(23)15-11-21-18-14(7-8-20-18)17(15)22-16-6-5-12(2)10-13(16)3;1-11-8-12(2)15(9-11)21-16-13-4-5-19-17(13)20-10-14(16)18(22)24-7-6-23-3;1-4-23-18(22)14-10-20-17-13(7-8-19-17)16(14)21-15-6-5-11(2)9-12(15)3;;;/h7-8,10-13,16H,5-6,9H2,1-4H3,(H2,20,21,22);7-8,11-13,16H,4-6,9-10H2,1-3H3,(H2,20,21,22);4-5,10-12,15H,6-9H2,1-3H3,(H2,19,20,21);7-8,10-12,15H,4-6,9H2,1-3H3,(H2,19,20,21);3*1H4. The topological polar surface area (TPSA) is 277 Å². The van der Waals surface area contributed by atoms with Gasteiger partial charge in [-0.1, -0.05) is 84.6 Å². The zero-order valence-corrected chi connectivity index (χ0v) is 58.2. The predicted octanol–water partition coefficient (Wildman–Crippen LogP) is 17.8. The number of carbonyl (C=O) groups excluding carboxylic acids is 4. The van der Waals surface area contributed by atoms with Gasteiger partial charge in [-0.25, -0.2) is 39.1 Å². The summed E-state index contributed by atoms with van der Waals surface area (Å²) in [4.78, 5) is 79.5. The van der Waals surface area contributed by atoms with Crippen molar-refractivity contribution in [1.29, 1.82) is 0 Å². The number of aromatic nitrogens is 8. The van der Waals surface area contributed by atoms with E-state index in [2.05, 4.69) is 117 Å². The Morgan fingerprint density at radius 3 is 1.05 bits per heavy atom. The number of hydrogen-bond acceptors (Lipinski definition) is 17. The van der Waals surface area contributed by atoms with Gasteiger partial charge in [0.1, 0.15) is 51.4 Å². The molecule has 4 aliphatic carbocycles. The van der Waals surface area contributed by atoms with E-state index in [1.165, 1.54) is 44.9 Å². The summed E-state index contributed by atoms with van der Waals surface area (Å²) < 4.78 is 26.2. The van der Waals surface area contributed by atoms with E-state index in [1.54, 1.807) is 31.9 Å². The maximum absolute atomic E-state index is 12.5. The zero-order valence-electron chi connectivity index (χ0n) is 58.2. The van der Waals surface area contributed by atoms with Gasteiger partial charge in [-0.05, 0) is 169 Å². The summed E-state index contributed by atoms with van der Waals surface area (Å²) in [5.41, 5.74) is 8.54. The van der Waals surface area contributed by atoms with E-state index in [0.29, 0.717) is 95.8 Å². The summed E-state index contributed by atoms with van der Waals surface area (Å²) in [7, 11) is 1.58. The van der Waals surface area contributed by atoms with Crippen molar-refractivity contribution in [2.45, 2.75) is 213 Å². The van der Waals surface area contributed by atoms with E-state index in [1.807, 2.05) is 76.7 Å². The predicted molar refractivity (Wildman–Crippen MR) is 398 cm³/mol. The largest absolute Gasteiger partial charge is 0.462 e. The third kappa shape index (κ3) is 19.8. The summed E-state index contributed by atoms with van der Waals surface area (Å²) >= 11 is 0. The zero-order chi connectivity index (χ0) is 67.9. The molecule has 4 aliphatic rings. The van der Waals surface area contributed by atoms with Crippen LogP contribution in [0.2, 0.25) is 0 Å². The van der Waals surface area contributed by atoms with Crippen LogP contribution in [0.25, 0.3) is 44.1 Å². The fourth-order valence-electron chi connectivity index (χ4n) is 14.5. The minimum Gasteiger partial charge on any atom is -0.462 e. The Balaban J connectivity index is 0.000000204. The Kier molecular flexibility index (Phi) is 29.8. The summed E-state index contributed by atoms with van der Waals surface area (Å²) in [6, 6.07) is 9.31. The SMILES string of the molecule is C.C.C.CC1CCC(Nc2c(C(=O)OC(C)C)cnc3[nH]ccc23)C(C)C1.CCCOC(=O)c1cnc2[nH]ccc2c1NC1CCC(C)CC1C.CCOC(=O)c1cnc2[nH]ccc2c1NC1CCC(C)CC1C.COCCOC(=O)c1cnc2[nH]ccc2c1NC1CC(C)CC1C. The molecule has 21 nitrogen and oxygen atoms in total. The molecule has 0 aliphatic heterocycles. The molecular formula is C77H116N12O9. The molecule has 12 atom stereocenters. The highest BCUT2D eigenvalue weighted by Gasteiger charge is 2.33. The lowest BCUT2D eigenvalue weighted by Crippen LogP contribution is -2.33. The fraction of sp³-hybridized carbons (Fsp3) is 0.584. The van der Waals surface area contributed by atoms with Crippen LogP contribution in [0, 0.1) is 47.3 Å². The Hall–Kier alpha value is -8.20. The van der Waals surface area contributed by atoms with Crippen LogP contribution in [0.4, 0.5) is 22.7 Å². The number of pyridine rings is 4. The van der Waals surface area contributed by atoms with Crippen molar-refractivity contribution in [3.05, 3.63) is 96.1 Å². The number of rotatable bonds is 19. The molecule has 0 spiro atoms. The highest BCUT2D eigenvalue weighted by Crippen LogP contribution is 2.39. The van der Waals surface area contributed by atoms with Gasteiger partial charge in [0.15, 0.2) is 0 Å². The second kappa shape index (κ2) is 37.1. The molecule has 8 N–H and O–H groups in total. The second-order valence-corrected chi connectivity index (χ2v) is 27.8. The highest BCUT2D eigenvalue weighted by molar-refractivity contribution is 6.07. The van der Waals surface area contributed by atoms with Gasteiger partial charge in [0, 0.05) is 102 Å². The monoisotopic (exact) mass is 1350 g/mol. The summed E-state index contributed by atoms with van der Waals surface area (Å²) in [6.45, 7) is 27.3. The number of ether oxygens (including phenoxy) is 5. The number of aromatic amines is 4. The third-order valence-electron chi connectivity index (χ3n) is 19.5. The first-order chi connectivity index (χ1) is 45.7. The van der Waals surface area contributed by atoms with E-state index in [9.17, 15) is 19.2 Å². The number of esters is 4. The number of anilines is 4. The molecule has 12 unspecified atom stereocenters. The van der Waals surface area contributed by atoms with Gasteiger partial charge in [-0.2, -0.15) is 0 Å². The van der Waals surface area contributed by atoms with Crippen LogP contribution in [0.3, 0.4) is 0 Å². The summed E-state index contributed by atoms with van der Waals surface area (Å²) in [5.74, 6) is 4.01. The molecule has 12 rings (SSSR count). The van der Waals surface area contributed by atoms with Crippen molar-refractivity contribution >= 4 is 90.8 Å². The number of nitrogens with one attached hydrogen (secondary N) is 8. The molecule has 8 heterocycles. The van der Waals surface area contributed by atoms with Gasteiger partial charge in [0.05, 0.1) is 48.7 Å². The number of methoxy groups -OCH3 is 1. The number of hydrogen-bond donors (Lipinski definition) is 8. The molecule has 538 valence electrons. The van der Waals surface area contributed by atoms with Crippen molar-refractivity contribution in [1.82, 2.24) is 39.9 Å². The average Bonchev–Trinajstić information content (AvgIpc) is 1.55. The van der Waals surface area contributed by atoms with Crippen LogP contribution in [0.1, 0.15) is 224 Å². The molecule has 4 fully saturated rings. The number of nitrogens with zero attached hydrogens (tertiary/aromatic N) is 4. The van der Waals surface area contributed by atoms with E-state index < -0.39 is 0 Å². The van der Waals surface area contributed by atoms with Crippen molar-refractivity contribution in [3.8, 4) is 0 Å². The minimum absolute atomic E-state index is 0. The lowest BCUT2D eigenvalue weighted by atomic mass is 9.79. The van der Waals surface area contributed by atoms with Crippen molar-refractivity contribution in [3.63, 3.8) is 0 Å². The molecule has 0 saturated heterocycles. The Labute approximate surface area is 581 Å². The molecule has 0 radical (unpaired) electrons. The normalized spacial score (nSPS) is 23.4. The Morgan fingerprint density at radius 2 is 0.745 bits per heavy atom. The quantitative estimate of drug-likeness (QED) is 0.0212. The van der Waals surface area contributed by atoms with Crippen molar-refractivity contribution < 1.29 is 42.9 Å². The van der Waals surface area contributed by atoms with E-state index in [-0.39, 0.29) is 58.9 Å². The minimum atomic E-state index is -0.371. The van der Waals surface area contributed by atoms with Gasteiger partial charge in [0.2, 0.25) is 0 Å². The Morgan fingerprint density at radius 1 is 0.429 bits per heavy atom. The van der Waals surface area contributed by atoms with Crippen molar-refractivity contribution in [2.24, 2.45) is 47.3 Å². The molecule has 8 aromatic heterocycles. The van der Waals surface area contributed by atoms with Gasteiger partial charge in [-0.3, -0.25) is 0 Å². The van der Waals surface area contributed by atoms with Crippen LogP contribution in [0.15, 0.2) is 73.8 Å². The molecule has 0 bridgehead atoms. The van der Waals surface area contributed by atoms with E-state index in [0.717, 1.165) is 117 Å². The van der Waals surface area contributed by atoms with E-state index >= 15 is 0 Å². The smallest absolute Gasteiger partial charge is 0.342 e. The highest BCUT2D eigenvalue weighted by atomic mass is 16.6. The lowest BCUT2D eigenvalue weighted by molar-refractivity contribution is 0.0373. The number of carbonyl (C=O) groups is 4. The van der Waals surface area contributed by atoms with Crippen LogP contribution in [0.5, 0.6) is 0 Å². The molecule has 98 heavy (non-hydrogen) atoms. The van der Waals surface area contributed by atoms with Crippen molar-refractivity contribution in [2.75, 3.05) is 54.8 Å². The lowest BCUT2D eigenvalue weighted by Gasteiger charge is -2.34. The van der Waals surface area contributed by atoms with Crippen LogP contribution >= 0.6 is 0 Å². The van der Waals surface area contributed by atoms with Gasteiger partial charge < -0.3 is 64.9 Å². The van der Waals surface area contributed by atoms with E-state index in [4.69, 9.17) is 23.7 Å². The first-order valence-corrected chi connectivity index (χ1v) is 34.9. The van der Waals surface area contributed by atoms with Gasteiger partial charge >= 0.3 is 23.9 Å². The van der Waals surface area contributed by atoms with Gasteiger partial charge in [-0.15, -0.1) is 0 Å². The second-order valence-electron chi connectivity index (χ2n) is 27.8. The maximum Gasteiger partial charge on any atom is 0.342 e. The molecule has 21 heteroatoms. The van der Waals surface area contributed by atoms with Crippen LogP contribution in [-0.4, -0.2) is 128 Å². The average molecular weight is 1350 g/mol. The van der Waals surface area contributed by atoms with Crippen LogP contribution in [-0.2, 0) is 23.7 Å². The van der Waals surface area contributed by atoms with Crippen LogP contribution < -0.4 is 21.3 Å². The molecule has 8 aromatic rings. The fourth-order valence-corrected chi connectivity index (χ4v) is 14.5. The number of fused-ring (bicyclic) bond motifs is 4. The molecule has 4 saturated carbocycles. The molecule has 0 aromatic carbocycles. The summed E-state index contributed by atoms with van der Waals surface area (Å²) in [5, 5.41) is 18.3. The summed E-state index contributed by atoms with van der Waals surface area (Å²) in [6.07, 6.45) is 27.5. The number of H-pyrrole nitrogens is 4. The molecular weight excluding hydrogens is 1240 g/mol. The Bertz CT molecular complexity index is 3820.